The largest absolute Gasteiger partial charge is 0.481 e. The van der Waals surface area contributed by atoms with Gasteiger partial charge in [0.25, 0.3) is 5.89 Å². The van der Waals surface area contributed by atoms with Gasteiger partial charge in [-0.3, -0.25) is 4.79 Å². The van der Waals surface area contributed by atoms with E-state index >= 15 is 0 Å². The zero-order valence-electron chi connectivity index (χ0n) is 10.5. The van der Waals surface area contributed by atoms with Crippen molar-refractivity contribution in [3.8, 4) is 11.5 Å². The number of unbranched alkanes of at least 4 members (excludes halogenated alkanes) is 1. The van der Waals surface area contributed by atoms with Gasteiger partial charge < -0.3 is 9.52 Å². The first-order valence-electron chi connectivity index (χ1n) is 6.06. The average molecular weight is 343 g/mol. The number of hydrogen-bond acceptors (Lipinski definition) is 4. The Morgan fingerprint density at radius 1 is 1.35 bits per heavy atom. The van der Waals surface area contributed by atoms with Crippen LogP contribution in [0.5, 0.6) is 0 Å². The average Bonchev–Trinajstić information content (AvgIpc) is 2.83. The van der Waals surface area contributed by atoms with Crippen molar-refractivity contribution in [2.45, 2.75) is 25.7 Å². The maximum atomic E-state index is 13.7. The minimum atomic E-state index is -0.827. The lowest BCUT2D eigenvalue weighted by Gasteiger charge is -2.00. The zero-order chi connectivity index (χ0) is 14.5. The quantitative estimate of drug-likeness (QED) is 0.813. The Kier molecular flexibility index (Phi) is 4.84. The molecule has 0 radical (unpaired) electrons. The van der Waals surface area contributed by atoms with Gasteiger partial charge in [-0.2, -0.15) is 0 Å². The van der Waals surface area contributed by atoms with Crippen molar-refractivity contribution in [3.63, 3.8) is 0 Å². The molecule has 1 heterocycles. The molecule has 0 aliphatic rings. The number of halogens is 2. The monoisotopic (exact) mass is 342 g/mol. The van der Waals surface area contributed by atoms with E-state index in [1.54, 1.807) is 12.1 Å². The fraction of sp³-hybridized carbons (Fsp3) is 0.308. The second kappa shape index (κ2) is 6.60. The van der Waals surface area contributed by atoms with E-state index in [1.165, 1.54) is 6.07 Å². The molecule has 1 aromatic carbocycles. The Labute approximate surface area is 123 Å². The van der Waals surface area contributed by atoms with E-state index in [0.717, 1.165) is 0 Å². The summed E-state index contributed by atoms with van der Waals surface area (Å²) in [6.07, 6.45) is 1.76. The van der Waals surface area contributed by atoms with Gasteiger partial charge >= 0.3 is 5.97 Å². The number of hydrogen-bond donors (Lipinski definition) is 1. The Bertz CT molecular complexity index is 595. The number of carboxylic acids is 1. The molecule has 0 amide bonds. The van der Waals surface area contributed by atoms with E-state index in [1.807, 2.05) is 0 Å². The van der Waals surface area contributed by atoms with Crippen LogP contribution in [0.15, 0.2) is 27.1 Å². The summed E-state index contributed by atoms with van der Waals surface area (Å²) in [6.45, 7) is 0. The highest BCUT2D eigenvalue weighted by atomic mass is 79.9. The van der Waals surface area contributed by atoms with E-state index in [0.29, 0.717) is 29.6 Å². The molecule has 7 heteroatoms. The maximum absolute atomic E-state index is 13.7. The number of rotatable bonds is 6. The third kappa shape index (κ3) is 3.63. The second-order valence-electron chi connectivity index (χ2n) is 4.20. The Hall–Kier alpha value is -1.76. The topological polar surface area (TPSA) is 76.2 Å². The summed E-state index contributed by atoms with van der Waals surface area (Å²) in [5.74, 6) is -0.782. The fourth-order valence-corrected chi connectivity index (χ4v) is 2.22. The van der Waals surface area contributed by atoms with Gasteiger partial charge in [0.2, 0.25) is 5.89 Å². The van der Waals surface area contributed by atoms with Gasteiger partial charge in [0.15, 0.2) is 0 Å². The normalized spacial score (nSPS) is 10.7. The summed E-state index contributed by atoms with van der Waals surface area (Å²) in [7, 11) is 0. The van der Waals surface area contributed by atoms with Gasteiger partial charge in [0, 0.05) is 17.3 Å². The highest BCUT2D eigenvalue weighted by Gasteiger charge is 2.16. The lowest BCUT2D eigenvalue weighted by molar-refractivity contribution is -0.137. The molecular formula is C13H12BrFN2O3. The Morgan fingerprint density at radius 2 is 2.15 bits per heavy atom. The van der Waals surface area contributed by atoms with Crippen molar-refractivity contribution in [3.05, 3.63) is 34.4 Å². The van der Waals surface area contributed by atoms with Crippen LogP contribution in [-0.4, -0.2) is 21.3 Å². The summed E-state index contributed by atoms with van der Waals surface area (Å²) in [6, 6.07) is 4.58. The number of carboxylic acid groups (broad SMARTS) is 1. The number of aromatic nitrogens is 2. The molecule has 2 aromatic rings. The lowest BCUT2D eigenvalue weighted by atomic mass is 10.2. The van der Waals surface area contributed by atoms with Crippen LogP contribution < -0.4 is 0 Å². The minimum Gasteiger partial charge on any atom is -0.481 e. The van der Waals surface area contributed by atoms with E-state index in [2.05, 4.69) is 26.1 Å². The van der Waals surface area contributed by atoms with Crippen molar-refractivity contribution in [2.75, 3.05) is 0 Å². The smallest absolute Gasteiger partial charge is 0.303 e. The van der Waals surface area contributed by atoms with Crippen LogP contribution in [-0.2, 0) is 11.2 Å². The molecule has 0 aliphatic carbocycles. The lowest BCUT2D eigenvalue weighted by Crippen LogP contribution is -1.95. The first kappa shape index (κ1) is 14.6. The maximum Gasteiger partial charge on any atom is 0.303 e. The van der Waals surface area contributed by atoms with Crippen LogP contribution in [0.4, 0.5) is 4.39 Å². The van der Waals surface area contributed by atoms with Crippen molar-refractivity contribution < 1.29 is 18.7 Å². The van der Waals surface area contributed by atoms with Crippen LogP contribution in [0.3, 0.4) is 0 Å². The number of aliphatic carboxylic acids is 1. The highest BCUT2D eigenvalue weighted by Crippen LogP contribution is 2.29. The van der Waals surface area contributed by atoms with E-state index in [-0.39, 0.29) is 17.9 Å². The number of carbonyl (C=O) groups is 1. The summed E-state index contributed by atoms with van der Waals surface area (Å²) in [4.78, 5) is 10.4. The van der Waals surface area contributed by atoms with Crippen LogP contribution in [0, 0.1) is 5.82 Å². The molecule has 1 N–H and O–H groups in total. The Balaban J connectivity index is 2.04. The molecule has 5 nitrogen and oxygen atoms in total. The summed E-state index contributed by atoms with van der Waals surface area (Å²) >= 11 is 3.24. The molecule has 0 fully saturated rings. The molecule has 20 heavy (non-hydrogen) atoms. The van der Waals surface area contributed by atoms with Gasteiger partial charge in [0.05, 0.1) is 5.56 Å². The number of benzene rings is 1. The molecule has 0 bridgehead atoms. The molecule has 0 saturated carbocycles. The van der Waals surface area contributed by atoms with Gasteiger partial charge in [-0.1, -0.05) is 6.07 Å². The van der Waals surface area contributed by atoms with Crippen LogP contribution in [0.25, 0.3) is 11.5 Å². The summed E-state index contributed by atoms with van der Waals surface area (Å²) < 4.78 is 19.7. The molecular weight excluding hydrogens is 331 g/mol. The first-order chi connectivity index (χ1) is 9.58. The molecule has 106 valence electrons. The number of aryl methyl sites for hydroxylation is 1. The van der Waals surface area contributed by atoms with Crippen LogP contribution >= 0.6 is 15.9 Å². The molecule has 0 unspecified atom stereocenters. The molecule has 0 atom stereocenters. The van der Waals surface area contributed by atoms with Crippen molar-refractivity contribution in [1.29, 1.82) is 0 Å². The minimum absolute atomic E-state index is 0.111. The van der Waals surface area contributed by atoms with Gasteiger partial charge in [0.1, 0.15) is 5.82 Å². The predicted octanol–water partition coefficient (Wildman–Crippen LogP) is 3.44. The van der Waals surface area contributed by atoms with Crippen molar-refractivity contribution in [2.24, 2.45) is 0 Å². The van der Waals surface area contributed by atoms with Gasteiger partial charge in [-0.05, 0) is 40.9 Å². The van der Waals surface area contributed by atoms with Crippen molar-refractivity contribution in [1.82, 2.24) is 10.2 Å². The molecule has 0 saturated heterocycles. The first-order valence-corrected chi connectivity index (χ1v) is 6.86. The van der Waals surface area contributed by atoms with Crippen molar-refractivity contribution >= 4 is 21.9 Å². The molecule has 0 spiro atoms. The predicted molar refractivity (Wildman–Crippen MR) is 72.6 cm³/mol. The molecule has 0 aliphatic heterocycles. The Morgan fingerprint density at radius 3 is 2.85 bits per heavy atom. The van der Waals surface area contributed by atoms with Crippen LogP contribution in [0.2, 0.25) is 0 Å². The third-order valence-corrected chi connectivity index (χ3v) is 3.34. The SMILES string of the molecule is O=C(O)CCCCc1nnc(-c2c(F)cccc2Br)o1. The highest BCUT2D eigenvalue weighted by molar-refractivity contribution is 9.10. The number of nitrogens with zero attached hydrogens (tertiary/aromatic N) is 2. The van der Waals surface area contributed by atoms with E-state index < -0.39 is 11.8 Å². The summed E-state index contributed by atoms with van der Waals surface area (Å²) in [5.41, 5.74) is 0.233. The standard InChI is InChI=1S/C13H12BrFN2O3/c14-8-4-3-5-9(15)12(8)13-17-16-10(20-13)6-1-2-7-11(18)19/h3-5H,1-2,6-7H2,(H,18,19). The third-order valence-electron chi connectivity index (χ3n) is 2.67. The van der Waals surface area contributed by atoms with E-state index in [4.69, 9.17) is 9.52 Å². The fourth-order valence-electron chi connectivity index (χ4n) is 1.71. The second-order valence-corrected chi connectivity index (χ2v) is 5.05. The molecule has 1 aromatic heterocycles. The van der Waals surface area contributed by atoms with Gasteiger partial charge in [-0.15, -0.1) is 10.2 Å². The summed E-state index contributed by atoms with van der Waals surface area (Å²) in [5, 5.41) is 16.2. The van der Waals surface area contributed by atoms with Gasteiger partial charge in [-0.25, -0.2) is 4.39 Å². The van der Waals surface area contributed by atoms with E-state index in [9.17, 15) is 9.18 Å². The zero-order valence-corrected chi connectivity index (χ0v) is 12.1. The van der Waals surface area contributed by atoms with Crippen LogP contribution in [0.1, 0.15) is 25.2 Å². The molecule has 2 rings (SSSR count).